The number of nitrogens with one attached hydrogen (secondary N) is 1. The Morgan fingerprint density at radius 2 is 1.89 bits per heavy atom. The molecule has 0 amide bonds. The molecule has 2 N–H and O–H groups in total. The summed E-state index contributed by atoms with van der Waals surface area (Å²) in [4.78, 5) is 11.4. The van der Waals surface area contributed by atoms with Crippen LogP contribution >= 0.6 is 0 Å². The Morgan fingerprint density at radius 3 is 2.33 bits per heavy atom. The van der Waals surface area contributed by atoms with Crippen molar-refractivity contribution < 1.29 is 14.6 Å². The highest BCUT2D eigenvalue weighted by atomic mass is 16.5. The van der Waals surface area contributed by atoms with Crippen LogP contribution in [0.5, 0.6) is 0 Å². The first-order valence-corrected chi connectivity index (χ1v) is 7.07. The van der Waals surface area contributed by atoms with E-state index < -0.39 is 11.5 Å². The molecule has 4 heteroatoms. The van der Waals surface area contributed by atoms with Crippen molar-refractivity contribution in [3.63, 3.8) is 0 Å². The third kappa shape index (κ3) is 4.94. The van der Waals surface area contributed by atoms with E-state index in [1.165, 1.54) is 25.7 Å². The van der Waals surface area contributed by atoms with Crippen LogP contribution in [0, 0.1) is 0 Å². The molecular weight excluding hydrogens is 230 g/mol. The molecule has 1 aliphatic carbocycles. The summed E-state index contributed by atoms with van der Waals surface area (Å²) in [6.07, 6.45) is 7.33. The lowest BCUT2D eigenvalue weighted by atomic mass is 10.0. The number of rotatable bonds is 6. The van der Waals surface area contributed by atoms with Crippen molar-refractivity contribution in [2.24, 2.45) is 0 Å². The lowest BCUT2D eigenvalue weighted by Crippen LogP contribution is -2.56. The third-order valence-electron chi connectivity index (χ3n) is 3.49. The molecule has 0 bridgehead atoms. The molecule has 18 heavy (non-hydrogen) atoms. The molecule has 0 saturated heterocycles. The Labute approximate surface area is 110 Å². The van der Waals surface area contributed by atoms with E-state index in [4.69, 9.17) is 4.74 Å². The van der Waals surface area contributed by atoms with Gasteiger partial charge in [-0.05, 0) is 33.6 Å². The number of carboxylic acids is 1. The van der Waals surface area contributed by atoms with Gasteiger partial charge in [0.15, 0.2) is 0 Å². The summed E-state index contributed by atoms with van der Waals surface area (Å²) in [5.74, 6) is -0.843. The smallest absolute Gasteiger partial charge is 0.326 e. The van der Waals surface area contributed by atoms with Crippen LogP contribution in [0.3, 0.4) is 0 Å². The summed E-state index contributed by atoms with van der Waals surface area (Å²) in [6, 6.07) is 0.129. The first-order valence-electron chi connectivity index (χ1n) is 7.07. The van der Waals surface area contributed by atoms with Crippen LogP contribution in [0.4, 0.5) is 0 Å². The van der Waals surface area contributed by atoms with Gasteiger partial charge in [0, 0.05) is 6.04 Å². The molecule has 0 aromatic carbocycles. The zero-order chi connectivity index (χ0) is 13.6. The van der Waals surface area contributed by atoms with Gasteiger partial charge in [0.25, 0.3) is 0 Å². The molecule has 0 spiro atoms. The van der Waals surface area contributed by atoms with E-state index in [0.717, 1.165) is 12.8 Å². The summed E-state index contributed by atoms with van der Waals surface area (Å²) in [7, 11) is 0. The van der Waals surface area contributed by atoms with Gasteiger partial charge in [0.2, 0.25) is 0 Å². The van der Waals surface area contributed by atoms with E-state index in [-0.39, 0.29) is 18.8 Å². The molecule has 0 aromatic rings. The minimum absolute atomic E-state index is 0.129. The molecule has 1 saturated carbocycles. The van der Waals surface area contributed by atoms with E-state index >= 15 is 0 Å². The van der Waals surface area contributed by atoms with Crippen molar-refractivity contribution in [3.05, 3.63) is 0 Å². The zero-order valence-electron chi connectivity index (χ0n) is 11.9. The predicted molar refractivity (Wildman–Crippen MR) is 71.8 cm³/mol. The van der Waals surface area contributed by atoms with Gasteiger partial charge in [-0.25, -0.2) is 0 Å². The van der Waals surface area contributed by atoms with Crippen LogP contribution in [-0.2, 0) is 9.53 Å². The van der Waals surface area contributed by atoms with Crippen molar-refractivity contribution in [1.82, 2.24) is 5.32 Å². The molecular formula is C14H27NO3. The van der Waals surface area contributed by atoms with E-state index in [2.05, 4.69) is 5.32 Å². The minimum atomic E-state index is -0.986. The van der Waals surface area contributed by atoms with Gasteiger partial charge < -0.3 is 9.84 Å². The quantitative estimate of drug-likeness (QED) is 0.718. The van der Waals surface area contributed by atoms with E-state index in [1.54, 1.807) is 6.92 Å². The fourth-order valence-corrected chi connectivity index (χ4v) is 2.50. The highest BCUT2D eigenvalue weighted by Crippen LogP contribution is 2.21. The van der Waals surface area contributed by atoms with Gasteiger partial charge in [-0.15, -0.1) is 0 Å². The molecule has 1 aliphatic rings. The van der Waals surface area contributed by atoms with Gasteiger partial charge in [-0.3, -0.25) is 10.1 Å². The molecule has 1 atom stereocenters. The molecule has 1 fully saturated rings. The summed E-state index contributed by atoms with van der Waals surface area (Å²) in [5.41, 5.74) is -0.986. The zero-order valence-corrected chi connectivity index (χ0v) is 11.9. The fourth-order valence-electron chi connectivity index (χ4n) is 2.50. The number of ether oxygens (including phenoxy) is 1. The highest BCUT2D eigenvalue weighted by molar-refractivity contribution is 5.78. The molecule has 0 aliphatic heterocycles. The number of hydrogen-bond acceptors (Lipinski definition) is 3. The largest absolute Gasteiger partial charge is 0.480 e. The Balaban J connectivity index is 2.48. The van der Waals surface area contributed by atoms with Gasteiger partial charge >= 0.3 is 5.97 Å². The number of aliphatic carboxylic acids is 1. The number of hydrogen-bond donors (Lipinski definition) is 2. The molecule has 1 unspecified atom stereocenters. The fraction of sp³-hybridized carbons (Fsp3) is 0.929. The van der Waals surface area contributed by atoms with Crippen LogP contribution in [0.15, 0.2) is 0 Å². The lowest BCUT2D eigenvalue weighted by Gasteiger charge is -2.30. The van der Waals surface area contributed by atoms with Gasteiger partial charge in [-0.1, -0.05) is 25.7 Å². The average molecular weight is 257 g/mol. The molecule has 0 aromatic heterocycles. The van der Waals surface area contributed by atoms with Crippen LogP contribution in [0.25, 0.3) is 0 Å². The highest BCUT2D eigenvalue weighted by Gasteiger charge is 2.34. The van der Waals surface area contributed by atoms with Crippen molar-refractivity contribution in [1.29, 1.82) is 0 Å². The Bertz CT molecular complexity index is 260. The SMILES string of the molecule is CC(C)NC(C)(COC1CCCCCC1)C(=O)O. The first-order chi connectivity index (χ1) is 8.44. The summed E-state index contributed by atoms with van der Waals surface area (Å²) < 4.78 is 5.85. The van der Waals surface area contributed by atoms with Crippen LogP contribution in [0.1, 0.15) is 59.3 Å². The van der Waals surface area contributed by atoms with Crippen LogP contribution < -0.4 is 5.32 Å². The van der Waals surface area contributed by atoms with Gasteiger partial charge in [-0.2, -0.15) is 0 Å². The van der Waals surface area contributed by atoms with Crippen molar-refractivity contribution in [2.75, 3.05) is 6.61 Å². The molecule has 4 nitrogen and oxygen atoms in total. The van der Waals surface area contributed by atoms with Crippen molar-refractivity contribution >= 4 is 5.97 Å². The first kappa shape index (κ1) is 15.4. The maximum atomic E-state index is 11.4. The van der Waals surface area contributed by atoms with Crippen LogP contribution in [-0.4, -0.2) is 35.4 Å². The second kappa shape index (κ2) is 7.10. The second-order valence-electron chi connectivity index (χ2n) is 5.86. The topological polar surface area (TPSA) is 58.6 Å². The normalized spacial score (nSPS) is 21.6. The summed E-state index contributed by atoms with van der Waals surface area (Å²) in [5, 5.41) is 12.4. The van der Waals surface area contributed by atoms with E-state index in [1.807, 2.05) is 13.8 Å². The second-order valence-corrected chi connectivity index (χ2v) is 5.86. The molecule has 0 radical (unpaired) electrons. The monoisotopic (exact) mass is 257 g/mol. The van der Waals surface area contributed by atoms with Crippen molar-refractivity contribution in [2.45, 2.75) is 77.0 Å². The maximum absolute atomic E-state index is 11.4. The Hall–Kier alpha value is -0.610. The van der Waals surface area contributed by atoms with Crippen molar-refractivity contribution in [3.8, 4) is 0 Å². The summed E-state index contributed by atoms with van der Waals surface area (Å²) >= 11 is 0. The number of carboxylic acid groups (broad SMARTS) is 1. The van der Waals surface area contributed by atoms with Gasteiger partial charge in [0.05, 0.1) is 12.7 Å². The standard InChI is InChI=1S/C14H27NO3/c1-11(2)15-14(3,13(16)17)10-18-12-8-6-4-5-7-9-12/h11-12,15H,4-10H2,1-3H3,(H,16,17). The lowest BCUT2D eigenvalue weighted by molar-refractivity contribution is -0.148. The molecule has 0 heterocycles. The number of carbonyl (C=O) groups is 1. The van der Waals surface area contributed by atoms with E-state index in [0.29, 0.717) is 0 Å². The summed E-state index contributed by atoms with van der Waals surface area (Å²) in [6.45, 7) is 5.84. The molecule has 106 valence electrons. The Kier molecular flexibility index (Phi) is 6.09. The van der Waals surface area contributed by atoms with Gasteiger partial charge in [0.1, 0.15) is 5.54 Å². The predicted octanol–water partition coefficient (Wildman–Crippen LogP) is 2.57. The average Bonchev–Trinajstić information content (AvgIpc) is 2.53. The Morgan fingerprint density at radius 1 is 1.33 bits per heavy atom. The minimum Gasteiger partial charge on any atom is -0.480 e. The molecule has 1 rings (SSSR count). The van der Waals surface area contributed by atoms with Crippen LogP contribution in [0.2, 0.25) is 0 Å². The maximum Gasteiger partial charge on any atom is 0.326 e. The third-order valence-corrected chi connectivity index (χ3v) is 3.49. The van der Waals surface area contributed by atoms with E-state index in [9.17, 15) is 9.90 Å².